The van der Waals surface area contributed by atoms with Gasteiger partial charge in [0.15, 0.2) is 9.84 Å². The van der Waals surface area contributed by atoms with Gasteiger partial charge in [0.25, 0.3) is 5.56 Å². The van der Waals surface area contributed by atoms with Gasteiger partial charge < -0.3 is 10.2 Å². The van der Waals surface area contributed by atoms with E-state index in [2.05, 4.69) is 9.97 Å². The Morgan fingerprint density at radius 1 is 1.20 bits per heavy atom. The van der Waals surface area contributed by atoms with Crippen LogP contribution >= 0.6 is 22.9 Å². The number of nitrogens with zero attached hydrogens (tertiary/aromatic N) is 2. The lowest BCUT2D eigenvalue weighted by molar-refractivity contribution is 0.0814. The van der Waals surface area contributed by atoms with Crippen molar-refractivity contribution in [2.75, 3.05) is 12.9 Å². The molecule has 3 rings (SSSR count). The van der Waals surface area contributed by atoms with Gasteiger partial charge in [-0.2, -0.15) is 4.98 Å². The summed E-state index contributed by atoms with van der Waals surface area (Å²) in [7, 11) is -3.57. The number of benzene rings is 1. The molecule has 2 aromatic heterocycles. The first-order chi connectivity index (χ1) is 14.1. The lowest BCUT2D eigenvalue weighted by atomic mass is 9.94. The minimum atomic E-state index is -3.57. The minimum Gasteiger partial charge on any atom is -0.394 e. The van der Waals surface area contributed by atoms with Gasteiger partial charge >= 0.3 is 0 Å². The van der Waals surface area contributed by atoms with Gasteiger partial charge in [0.05, 0.1) is 23.0 Å². The molecule has 0 spiro atoms. The number of halogens is 1. The molecular formula is C20H21ClN2O5S2. The Balaban J connectivity index is 2.21. The number of aliphatic hydroxyl groups excluding tert-OH is 2. The van der Waals surface area contributed by atoms with E-state index in [1.165, 1.54) is 23.5 Å². The average molecular weight is 469 g/mol. The predicted octanol–water partition coefficient (Wildman–Crippen LogP) is 3.01. The summed E-state index contributed by atoms with van der Waals surface area (Å²) in [5, 5.41) is 20.2. The fourth-order valence-electron chi connectivity index (χ4n) is 3.10. The Labute approximate surface area is 182 Å². The second-order valence-corrected chi connectivity index (χ2v) is 10.5. The van der Waals surface area contributed by atoms with Gasteiger partial charge in [-0.1, -0.05) is 18.5 Å². The lowest BCUT2D eigenvalue weighted by Gasteiger charge is -2.18. The second kappa shape index (κ2) is 9.07. The van der Waals surface area contributed by atoms with E-state index < -0.39 is 28.1 Å². The Morgan fingerprint density at radius 3 is 2.57 bits per heavy atom. The fourth-order valence-corrected chi connectivity index (χ4v) is 5.00. The molecule has 0 amide bonds. The number of hydrogen-bond donors (Lipinski definition) is 2. The molecule has 2 unspecified atom stereocenters. The third kappa shape index (κ3) is 5.04. The zero-order valence-corrected chi connectivity index (χ0v) is 18.8. The summed E-state index contributed by atoms with van der Waals surface area (Å²) >= 11 is 7.24. The molecule has 0 bridgehead atoms. The van der Waals surface area contributed by atoms with Gasteiger partial charge in [0, 0.05) is 27.6 Å². The molecule has 0 radical (unpaired) electrons. The highest BCUT2D eigenvalue weighted by Gasteiger charge is 2.21. The highest BCUT2D eigenvalue weighted by molar-refractivity contribution is 7.90. The van der Waals surface area contributed by atoms with Crippen molar-refractivity contribution in [3.05, 3.63) is 51.4 Å². The topological polar surface area (TPSA) is 117 Å². The Morgan fingerprint density at radius 2 is 1.93 bits per heavy atom. The standard InChI is InChI=1S/C20H21ClN2O5S2/c1-3-11(6-13(25)10-24)16-8-14(30(2,27)28)9-17(22-16)20-23-19(26)15-5-4-12(21)7-18(15)29-20/h4-5,7-9,11,13,24-25H,3,6,10H2,1-2H3. The van der Waals surface area contributed by atoms with Crippen LogP contribution in [-0.2, 0) is 9.84 Å². The molecular weight excluding hydrogens is 448 g/mol. The first-order valence-corrected chi connectivity index (χ1v) is 12.3. The number of rotatable bonds is 7. The number of hydrogen-bond acceptors (Lipinski definition) is 8. The molecule has 3 aromatic rings. The van der Waals surface area contributed by atoms with Crippen molar-refractivity contribution in [1.82, 2.24) is 9.97 Å². The molecule has 160 valence electrons. The SMILES string of the molecule is CCC(CC(O)CO)c1cc(S(C)(=O)=O)cc(-c2nc(=O)c3ccc(Cl)cc3s2)n1. The fraction of sp³-hybridized carbons (Fsp3) is 0.350. The van der Waals surface area contributed by atoms with Crippen molar-refractivity contribution < 1.29 is 18.6 Å². The van der Waals surface area contributed by atoms with Crippen LogP contribution in [0.3, 0.4) is 0 Å². The Hall–Kier alpha value is -1.91. The lowest BCUT2D eigenvalue weighted by Crippen LogP contribution is -2.17. The van der Waals surface area contributed by atoms with E-state index in [4.69, 9.17) is 11.6 Å². The van der Waals surface area contributed by atoms with Crippen LogP contribution in [0.25, 0.3) is 20.8 Å². The monoisotopic (exact) mass is 468 g/mol. The minimum absolute atomic E-state index is 0.0482. The summed E-state index contributed by atoms with van der Waals surface area (Å²) in [4.78, 5) is 21.2. The summed E-state index contributed by atoms with van der Waals surface area (Å²) in [6.07, 6.45) is 0.950. The van der Waals surface area contributed by atoms with Crippen molar-refractivity contribution in [3.63, 3.8) is 0 Å². The molecule has 10 heteroatoms. The molecule has 2 N–H and O–H groups in total. The molecule has 7 nitrogen and oxygen atoms in total. The van der Waals surface area contributed by atoms with E-state index in [0.717, 1.165) is 6.26 Å². The van der Waals surface area contributed by atoms with Crippen molar-refractivity contribution in [2.24, 2.45) is 0 Å². The third-order valence-corrected chi connectivity index (χ3v) is 7.11. The quantitative estimate of drug-likeness (QED) is 0.547. The van der Waals surface area contributed by atoms with Crippen LogP contribution in [0, 0.1) is 0 Å². The molecule has 30 heavy (non-hydrogen) atoms. The van der Waals surface area contributed by atoms with Gasteiger partial charge in [-0.3, -0.25) is 4.79 Å². The van der Waals surface area contributed by atoms with Crippen LogP contribution in [0.1, 0.15) is 31.4 Å². The van der Waals surface area contributed by atoms with Crippen molar-refractivity contribution >= 4 is 42.9 Å². The average Bonchev–Trinajstić information content (AvgIpc) is 2.70. The van der Waals surface area contributed by atoms with Crippen molar-refractivity contribution in [3.8, 4) is 10.7 Å². The smallest absolute Gasteiger partial charge is 0.279 e. The molecule has 0 aliphatic rings. The highest BCUT2D eigenvalue weighted by Crippen LogP contribution is 2.31. The maximum absolute atomic E-state index is 12.5. The van der Waals surface area contributed by atoms with Gasteiger partial charge in [-0.15, -0.1) is 11.3 Å². The van der Waals surface area contributed by atoms with E-state index in [1.807, 2.05) is 6.92 Å². The van der Waals surface area contributed by atoms with E-state index >= 15 is 0 Å². The summed E-state index contributed by atoms with van der Waals surface area (Å²) in [5.41, 5.74) is 0.260. The maximum Gasteiger partial charge on any atom is 0.279 e. The van der Waals surface area contributed by atoms with Gasteiger partial charge in [-0.25, -0.2) is 13.4 Å². The number of aliphatic hydroxyl groups is 2. The third-order valence-electron chi connectivity index (χ3n) is 4.73. The van der Waals surface area contributed by atoms with Crippen LogP contribution in [0.15, 0.2) is 40.0 Å². The molecule has 2 heterocycles. The van der Waals surface area contributed by atoms with Gasteiger partial charge in [0.2, 0.25) is 0 Å². The molecule has 2 atom stereocenters. The largest absolute Gasteiger partial charge is 0.394 e. The van der Waals surface area contributed by atoms with E-state index in [-0.39, 0.29) is 27.9 Å². The van der Waals surface area contributed by atoms with Crippen molar-refractivity contribution in [1.29, 1.82) is 0 Å². The highest BCUT2D eigenvalue weighted by atomic mass is 35.5. The molecule has 0 aliphatic carbocycles. The van der Waals surface area contributed by atoms with Gasteiger partial charge in [-0.05, 0) is 43.2 Å². The number of aromatic nitrogens is 2. The zero-order chi connectivity index (χ0) is 22.1. The molecule has 0 saturated carbocycles. The normalized spacial score (nSPS) is 14.0. The van der Waals surface area contributed by atoms with Crippen LogP contribution in [0.4, 0.5) is 0 Å². The maximum atomic E-state index is 12.5. The Kier molecular flexibility index (Phi) is 6.88. The zero-order valence-electron chi connectivity index (χ0n) is 16.4. The summed E-state index contributed by atoms with van der Waals surface area (Å²) in [6.45, 7) is 1.49. The summed E-state index contributed by atoms with van der Waals surface area (Å²) in [5.74, 6) is -0.278. The first kappa shape index (κ1) is 22.8. The molecule has 1 aromatic carbocycles. The van der Waals surface area contributed by atoms with E-state index in [1.54, 1.807) is 18.2 Å². The predicted molar refractivity (Wildman–Crippen MR) is 118 cm³/mol. The van der Waals surface area contributed by atoms with Gasteiger partial charge in [0.1, 0.15) is 10.7 Å². The van der Waals surface area contributed by atoms with Crippen LogP contribution in [0.2, 0.25) is 5.02 Å². The first-order valence-electron chi connectivity index (χ1n) is 9.24. The van der Waals surface area contributed by atoms with E-state index in [0.29, 0.717) is 27.2 Å². The number of sulfone groups is 1. The van der Waals surface area contributed by atoms with Crippen LogP contribution in [0.5, 0.6) is 0 Å². The molecule has 0 fully saturated rings. The summed E-state index contributed by atoms with van der Waals surface area (Å²) in [6, 6.07) is 7.73. The number of pyridine rings is 1. The van der Waals surface area contributed by atoms with Crippen molar-refractivity contribution in [2.45, 2.75) is 36.7 Å². The summed E-state index contributed by atoms with van der Waals surface area (Å²) < 4.78 is 25.2. The second-order valence-electron chi connectivity index (χ2n) is 7.03. The molecule has 0 aliphatic heterocycles. The van der Waals surface area contributed by atoms with Crippen LogP contribution < -0.4 is 5.56 Å². The molecule has 0 saturated heterocycles. The number of fused-ring (bicyclic) bond motifs is 1. The Bertz CT molecular complexity index is 1240. The van der Waals surface area contributed by atoms with Crippen LogP contribution in [-0.4, -0.2) is 47.6 Å². The van der Waals surface area contributed by atoms with E-state index in [9.17, 15) is 23.4 Å².